The highest BCUT2D eigenvalue weighted by Gasteiger charge is 2.08. The van der Waals surface area contributed by atoms with Gasteiger partial charge in [0.25, 0.3) is 0 Å². The molecule has 0 fully saturated rings. The zero-order valence-electron chi connectivity index (χ0n) is 14.2. The van der Waals surface area contributed by atoms with Crippen molar-refractivity contribution < 1.29 is 0 Å². The van der Waals surface area contributed by atoms with Crippen molar-refractivity contribution in [2.75, 3.05) is 24.3 Å². The highest BCUT2D eigenvalue weighted by molar-refractivity contribution is 5.94. The molecular weight excluding hydrogens is 310 g/mol. The van der Waals surface area contributed by atoms with Gasteiger partial charge in [0, 0.05) is 54.3 Å². The molecule has 0 spiro atoms. The first-order valence-corrected chi connectivity index (χ1v) is 8.15. The lowest BCUT2D eigenvalue weighted by molar-refractivity contribution is 1.13. The molecule has 5 heteroatoms. The summed E-state index contributed by atoms with van der Waals surface area (Å²) in [5.41, 5.74) is 5.18. The first kappa shape index (κ1) is 15.2. The van der Waals surface area contributed by atoms with Crippen molar-refractivity contribution in [3.63, 3.8) is 0 Å². The number of fused-ring (bicyclic) bond motifs is 1. The van der Waals surface area contributed by atoms with Crippen LogP contribution in [0.2, 0.25) is 0 Å². The van der Waals surface area contributed by atoms with E-state index in [1.165, 1.54) is 0 Å². The Morgan fingerprint density at radius 1 is 0.960 bits per heavy atom. The van der Waals surface area contributed by atoms with E-state index >= 15 is 0 Å². The van der Waals surface area contributed by atoms with Gasteiger partial charge in [0.15, 0.2) is 0 Å². The van der Waals surface area contributed by atoms with E-state index < -0.39 is 0 Å². The summed E-state index contributed by atoms with van der Waals surface area (Å²) < 4.78 is 0. The highest BCUT2D eigenvalue weighted by Crippen LogP contribution is 2.27. The molecule has 0 amide bonds. The fourth-order valence-electron chi connectivity index (χ4n) is 2.82. The van der Waals surface area contributed by atoms with Crippen molar-refractivity contribution in [2.24, 2.45) is 0 Å². The Labute approximate surface area is 146 Å². The summed E-state index contributed by atoms with van der Waals surface area (Å²) in [7, 11) is 4.05. The Kier molecular flexibility index (Phi) is 3.82. The molecule has 0 aliphatic rings. The molecule has 25 heavy (non-hydrogen) atoms. The maximum absolute atomic E-state index is 4.67. The van der Waals surface area contributed by atoms with Crippen molar-refractivity contribution in [3.05, 3.63) is 67.0 Å². The second kappa shape index (κ2) is 6.28. The van der Waals surface area contributed by atoms with E-state index in [2.05, 4.69) is 49.4 Å². The molecule has 2 N–H and O–H groups in total. The van der Waals surface area contributed by atoms with Gasteiger partial charge in [-0.25, -0.2) is 9.97 Å². The number of hydrogen-bond donors (Lipinski definition) is 2. The molecule has 0 saturated heterocycles. The number of aromatic nitrogens is 3. The van der Waals surface area contributed by atoms with Gasteiger partial charge in [-0.1, -0.05) is 18.2 Å². The maximum atomic E-state index is 4.67. The lowest BCUT2D eigenvalue weighted by atomic mass is 10.1. The predicted octanol–water partition coefficient (Wildman–Crippen LogP) is 4.43. The fourth-order valence-corrected chi connectivity index (χ4v) is 2.82. The van der Waals surface area contributed by atoms with Gasteiger partial charge in [0.1, 0.15) is 0 Å². The molecule has 4 aromatic rings. The first-order valence-electron chi connectivity index (χ1n) is 8.15. The minimum atomic E-state index is 0.584. The maximum Gasteiger partial charge on any atom is 0.227 e. The SMILES string of the molecule is CN(C)c1ccc(Nc2nccc(-c3c[nH]c4ccccc34)n2)cc1. The van der Waals surface area contributed by atoms with Crippen LogP contribution in [0.4, 0.5) is 17.3 Å². The van der Waals surface area contributed by atoms with Gasteiger partial charge >= 0.3 is 0 Å². The Balaban J connectivity index is 1.63. The number of nitrogens with zero attached hydrogens (tertiary/aromatic N) is 3. The standard InChI is InChI=1S/C20H19N5/c1-25(2)15-9-7-14(8-10-15)23-20-21-12-11-19(24-20)17-13-22-18-6-4-3-5-16(17)18/h3-13,22H,1-2H3,(H,21,23,24). The Morgan fingerprint density at radius 2 is 1.76 bits per heavy atom. The van der Waals surface area contributed by atoms with E-state index in [4.69, 9.17) is 0 Å². The number of nitrogens with one attached hydrogen (secondary N) is 2. The van der Waals surface area contributed by atoms with E-state index in [0.717, 1.165) is 33.5 Å². The second-order valence-corrected chi connectivity index (χ2v) is 6.08. The molecule has 4 rings (SSSR count). The van der Waals surface area contributed by atoms with Crippen molar-refractivity contribution >= 4 is 28.2 Å². The number of anilines is 3. The van der Waals surface area contributed by atoms with Gasteiger partial charge in [-0.15, -0.1) is 0 Å². The van der Waals surface area contributed by atoms with Gasteiger partial charge in [-0.05, 0) is 36.4 Å². The van der Waals surface area contributed by atoms with Crippen LogP contribution in [0.5, 0.6) is 0 Å². The lowest BCUT2D eigenvalue weighted by Gasteiger charge is -2.13. The zero-order chi connectivity index (χ0) is 17.2. The summed E-state index contributed by atoms with van der Waals surface area (Å²) >= 11 is 0. The smallest absolute Gasteiger partial charge is 0.227 e. The van der Waals surface area contributed by atoms with Crippen molar-refractivity contribution in [1.82, 2.24) is 15.0 Å². The summed E-state index contributed by atoms with van der Waals surface area (Å²) in [6, 6.07) is 18.3. The molecule has 0 unspecified atom stereocenters. The van der Waals surface area contributed by atoms with E-state index in [-0.39, 0.29) is 0 Å². The summed E-state index contributed by atoms with van der Waals surface area (Å²) in [4.78, 5) is 14.4. The molecule has 0 bridgehead atoms. The van der Waals surface area contributed by atoms with Crippen molar-refractivity contribution in [2.45, 2.75) is 0 Å². The van der Waals surface area contributed by atoms with Crippen LogP contribution < -0.4 is 10.2 Å². The van der Waals surface area contributed by atoms with Gasteiger partial charge in [0.2, 0.25) is 5.95 Å². The van der Waals surface area contributed by atoms with Crippen LogP contribution in [0.1, 0.15) is 0 Å². The van der Waals surface area contributed by atoms with Crippen LogP contribution in [0, 0.1) is 0 Å². The number of para-hydroxylation sites is 1. The average Bonchev–Trinajstić information content (AvgIpc) is 3.06. The quantitative estimate of drug-likeness (QED) is 0.581. The number of H-pyrrole nitrogens is 1. The molecule has 2 aromatic carbocycles. The van der Waals surface area contributed by atoms with Gasteiger partial charge < -0.3 is 15.2 Å². The van der Waals surface area contributed by atoms with Crippen LogP contribution in [-0.4, -0.2) is 29.0 Å². The topological polar surface area (TPSA) is 56.8 Å². The van der Waals surface area contributed by atoms with Gasteiger partial charge in [-0.2, -0.15) is 0 Å². The third-order valence-electron chi connectivity index (χ3n) is 4.16. The normalized spacial score (nSPS) is 10.8. The number of benzene rings is 2. The van der Waals surface area contributed by atoms with Crippen molar-refractivity contribution in [3.8, 4) is 11.3 Å². The number of hydrogen-bond acceptors (Lipinski definition) is 4. The summed E-state index contributed by atoms with van der Waals surface area (Å²) in [5, 5.41) is 4.42. The Bertz CT molecular complexity index is 1000. The first-order chi connectivity index (χ1) is 12.2. The van der Waals surface area contributed by atoms with E-state index in [1.54, 1.807) is 6.20 Å². The summed E-state index contributed by atoms with van der Waals surface area (Å²) in [5.74, 6) is 0.584. The van der Waals surface area contributed by atoms with Crippen LogP contribution in [-0.2, 0) is 0 Å². The lowest BCUT2D eigenvalue weighted by Crippen LogP contribution is -2.08. The van der Waals surface area contributed by atoms with Gasteiger partial charge in [-0.3, -0.25) is 0 Å². The van der Waals surface area contributed by atoms with E-state index in [1.807, 2.05) is 50.6 Å². The Hall–Kier alpha value is -3.34. The molecule has 2 heterocycles. The summed E-state index contributed by atoms with van der Waals surface area (Å²) in [6.45, 7) is 0. The molecule has 0 radical (unpaired) electrons. The third-order valence-corrected chi connectivity index (χ3v) is 4.16. The molecule has 5 nitrogen and oxygen atoms in total. The van der Waals surface area contributed by atoms with Crippen LogP contribution >= 0.6 is 0 Å². The van der Waals surface area contributed by atoms with Crippen LogP contribution in [0.15, 0.2) is 67.0 Å². The largest absolute Gasteiger partial charge is 0.378 e. The molecule has 124 valence electrons. The summed E-state index contributed by atoms with van der Waals surface area (Å²) in [6.07, 6.45) is 3.77. The van der Waals surface area contributed by atoms with Crippen LogP contribution in [0.25, 0.3) is 22.2 Å². The molecule has 0 atom stereocenters. The zero-order valence-corrected chi connectivity index (χ0v) is 14.2. The van der Waals surface area contributed by atoms with E-state index in [0.29, 0.717) is 5.95 Å². The Morgan fingerprint density at radius 3 is 2.56 bits per heavy atom. The molecule has 0 aliphatic heterocycles. The fraction of sp³-hybridized carbons (Fsp3) is 0.100. The average molecular weight is 329 g/mol. The van der Waals surface area contributed by atoms with Gasteiger partial charge in [0.05, 0.1) is 5.69 Å². The number of aromatic amines is 1. The monoisotopic (exact) mass is 329 g/mol. The molecule has 0 saturated carbocycles. The predicted molar refractivity (Wildman–Crippen MR) is 103 cm³/mol. The minimum Gasteiger partial charge on any atom is -0.378 e. The molecular formula is C20H19N5. The molecule has 0 aliphatic carbocycles. The highest BCUT2D eigenvalue weighted by atomic mass is 15.1. The molecule has 2 aromatic heterocycles. The van der Waals surface area contributed by atoms with Crippen molar-refractivity contribution in [1.29, 1.82) is 0 Å². The van der Waals surface area contributed by atoms with Crippen LogP contribution in [0.3, 0.4) is 0 Å². The third kappa shape index (κ3) is 3.04. The number of rotatable bonds is 4. The second-order valence-electron chi connectivity index (χ2n) is 6.08. The van der Waals surface area contributed by atoms with E-state index in [9.17, 15) is 0 Å². The minimum absolute atomic E-state index is 0.584.